The minimum atomic E-state index is -0.162. The highest BCUT2D eigenvalue weighted by Crippen LogP contribution is 2.32. The Kier molecular flexibility index (Phi) is 4.80. The van der Waals surface area contributed by atoms with Crippen LogP contribution in [0.15, 0.2) is 18.2 Å². The number of likely N-dealkylation sites (N-methyl/N-ethyl adjacent to an activating group) is 1. The van der Waals surface area contributed by atoms with E-state index in [1.807, 2.05) is 18.9 Å². The van der Waals surface area contributed by atoms with Crippen molar-refractivity contribution in [1.82, 2.24) is 10.2 Å². The van der Waals surface area contributed by atoms with E-state index in [1.54, 1.807) is 25.2 Å². The Hall–Kier alpha value is -2.08. The molecule has 114 valence electrons. The molecule has 0 aromatic heterocycles. The van der Waals surface area contributed by atoms with Crippen LogP contribution in [-0.2, 0) is 4.79 Å². The summed E-state index contributed by atoms with van der Waals surface area (Å²) in [6.45, 7) is 2.80. The second-order valence-electron chi connectivity index (χ2n) is 5.20. The molecule has 0 fully saturated rings. The first-order chi connectivity index (χ1) is 10.0. The summed E-state index contributed by atoms with van der Waals surface area (Å²) in [7, 11) is 3.43. The van der Waals surface area contributed by atoms with Gasteiger partial charge in [0.15, 0.2) is 17.3 Å². The largest absolute Gasteiger partial charge is 0.454 e. The molecular weight excluding hydrogens is 272 g/mol. The van der Waals surface area contributed by atoms with E-state index in [9.17, 15) is 9.59 Å². The fourth-order valence-electron chi connectivity index (χ4n) is 2.27. The van der Waals surface area contributed by atoms with Gasteiger partial charge in [0, 0.05) is 25.1 Å². The first kappa shape index (κ1) is 15.3. The molecule has 1 aromatic carbocycles. The van der Waals surface area contributed by atoms with Crippen molar-refractivity contribution in [2.75, 3.05) is 34.0 Å². The maximum absolute atomic E-state index is 12.2. The summed E-state index contributed by atoms with van der Waals surface area (Å²) < 4.78 is 10.5. The summed E-state index contributed by atoms with van der Waals surface area (Å²) >= 11 is 0. The van der Waals surface area contributed by atoms with Gasteiger partial charge in [0.1, 0.15) is 0 Å². The minimum Gasteiger partial charge on any atom is -0.454 e. The second-order valence-corrected chi connectivity index (χ2v) is 5.20. The number of carbonyl (C=O) groups excluding carboxylic acids is 2. The lowest BCUT2D eigenvalue weighted by atomic mass is 10.1. The van der Waals surface area contributed by atoms with Crippen LogP contribution in [0.2, 0.25) is 0 Å². The lowest BCUT2D eigenvalue weighted by Crippen LogP contribution is -2.36. The Bertz CT molecular complexity index is 544. The van der Waals surface area contributed by atoms with Crippen LogP contribution in [0.4, 0.5) is 0 Å². The molecule has 0 radical (unpaired) electrons. The molecule has 1 aromatic rings. The van der Waals surface area contributed by atoms with Gasteiger partial charge >= 0.3 is 0 Å². The van der Waals surface area contributed by atoms with Crippen LogP contribution in [0.3, 0.4) is 0 Å². The highest BCUT2D eigenvalue weighted by atomic mass is 16.7. The van der Waals surface area contributed by atoms with Gasteiger partial charge in [-0.25, -0.2) is 0 Å². The molecule has 1 amide bonds. The predicted octanol–water partition coefficient (Wildman–Crippen LogP) is 0.912. The van der Waals surface area contributed by atoms with Crippen LogP contribution >= 0.6 is 0 Å². The van der Waals surface area contributed by atoms with E-state index in [4.69, 9.17) is 9.47 Å². The topological polar surface area (TPSA) is 67.9 Å². The zero-order valence-electron chi connectivity index (χ0n) is 12.5. The highest BCUT2D eigenvalue weighted by Gasteiger charge is 2.19. The van der Waals surface area contributed by atoms with E-state index in [1.165, 1.54) is 0 Å². The molecule has 1 unspecified atom stereocenters. The van der Waals surface area contributed by atoms with Crippen molar-refractivity contribution in [3.05, 3.63) is 23.8 Å². The number of rotatable bonds is 6. The van der Waals surface area contributed by atoms with Crippen LogP contribution < -0.4 is 14.8 Å². The third-order valence-electron chi connectivity index (χ3n) is 3.39. The van der Waals surface area contributed by atoms with E-state index in [-0.39, 0.29) is 30.9 Å². The Balaban J connectivity index is 1.93. The first-order valence-electron chi connectivity index (χ1n) is 6.84. The second kappa shape index (κ2) is 6.58. The number of ketones is 1. The lowest BCUT2D eigenvalue weighted by Gasteiger charge is -2.19. The molecular formula is C15H20N2O4. The van der Waals surface area contributed by atoms with E-state index in [2.05, 4.69) is 5.32 Å². The molecule has 0 aliphatic carbocycles. The number of nitrogens with zero attached hydrogens (tertiary/aromatic N) is 1. The summed E-state index contributed by atoms with van der Waals surface area (Å²) in [6, 6.07) is 5.16. The molecule has 1 atom stereocenters. The number of ether oxygens (including phenoxy) is 2. The van der Waals surface area contributed by atoms with Gasteiger partial charge in [-0.3, -0.25) is 14.5 Å². The quantitative estimate of drug-likeness (QED) is 0.789. The van der Waals surface area contributed by atoms with Crippen molar-refractivity contribution in [3.8, 4) is 11.5 Å². The van der Waals surface area contributed by atoms with Crippen molar-refractivity contribution in [1.29, 1.82) is 0 Å². The minimum absolute atomic E-state index is 0.0140. The van der Waals surface area contributed by atoms with Gasteiger partial charge in [0.2, 0.25) is 12.7 Å². The van der Waals surface area contributed by atoms with Crippen LogP contribution in [0.25, 0.3) is 0 Å². The zero-order chi connectivity index (χ0) is 15.4. The number of carbonyl (C=O) groups is 2. The van der Waals surface area contributed by atoms with E-state index < -0.39 is 0 Å². The standard InChI is InChI=1S/C15H20N2O4/c1-10(15(19)16-2)7-17(3)8-12(18)11-4-5-13-14(6-11)21-9-20-13/h4-6,10H,7-9H2,1-3H3,(H,16,19). The highest BCUT2D eigenvalue weighted by molar-refractivity contribution is 5.98. The molecule has 0 saturated heterocycles. The number of fused-ring (bicyclic) bond motifs is 1. The zero-order valence-corrected chi connectivity index (χ0v) is 12.5. The Morgan fingerprint density at radius 1 is 1.33 bits per heavy atom. The summed E-state index contributed by atoms with van der Waals surface area (Å²) in [6.07, 6.45) is 0. The van der Waals surface area contributed by atoms with E-state index in [0.29, 0.717) is 23.6 Å². The van der Waals surface area contributed by atoms with E-state index in [0.717, 1.165) is 0 Å². The van der Waals surface area contributed by atoms with Crippen LogP contribution in [0, 0.1) is 5.92 Å². The summed E-state index contributed by atoms with van der Waals surface area (Å²) in [4.78, 5) is 25.6. The molecule has 1 aliphatic heterocycles. The van der Waals surface area contributed by atoms with Crippen molar-refractivity contribution in [2.24, 2.45) is 5.92 Å². The van der Waals surface area contributed by atoms with Gasteiger partial charge in [0.25, 0.3) is 0 Å². The Labute approximate surface area is 124 Å². The van der Waals surface area contributed by atoms with Crippen molar-refractivity contribution in [2.45, 2.75) is 6.92 Å². The molecule has 6 heteroatoms. The molecule has 0 bridgehead atoms. The van der Waals surface area contributed by atoms with Crippen LogP contribution in [-0.4, -0.2) is 50.6 Å². The molecule has 21 heavy (non-hydrogen) atoms. The number of nitrogens with one attached hydrogen (secondary N) is 1. The first-order valence-corrected chi connectivity index (χ1v) is 6.84. The molecule has 1 heterocycles. The average Bonchev–Trinajstić information content (AvgIpc) is 2.93. The van der Waals surface area contributed by atoms with Gasteiger partial charge in [-0.05, 0) is 25.2 Å². The molecule has 1 N–H and O–H groups in total. The fourth-order valence-corrected chi connectivity index (χ4v) is 2.27. The number of hydrogen-bond acceptors (Lipinski definition) is 5. The average molecular weight is 292 g/mol. The smallest absolute Gasteiger partial charge is 0.231 e. The van der Waals surface area contributed by atoms with Crippen LogP contribution in [0.1, 0.15) is 17.3 Å². The number of Topliss-reactive ketones (excluding diaryl/α,β-unsaturated/α-hetero) is 1. The summed E-state index contributed by atoms with van der Waals surface area (Å²) in [5.74, 6) is 1.05. The SMILES string of the molecule is CNC(=O)C(C)CN(C)CC(=O)c1ccc2c(c1)OCO2. The third-order valence-corrected chi connectivity index (χ3v) is 3.39. The Morgan fingerprint density at radius 2 is 2.05 bits per heavy atom. The fraction of sp³-hybridized carbons (Fsp3) is 0.467. The maximum Gasteiger partial charge on any atom is 0.231 e. The maximum atomic E-state index is 12.2. The number of hydrogen-bond donors (Lipinski definition) is 1. The van der Waals surface area contributed by atoms with Crippen molar-refractivity contribution >= 4 is 11.7 Å². The third kappa shape index (κ3) is 3.72. The normalized spacial score (nSPS) is 14.1. The van der Waals surface area contributed by atoms with Crippen molar-refractivity contribution in [3.63, 3.8) is 0 Å². The van der Waals surface area contributed by atoms with E-state index >= 15 is 0 Å². The summed E-state index contributed by atoms with van der Waals surface area (Å²) in [5.41, 5.74) is 0.582. The van der Waals surface area contributed by atoms with Crippen molar-refractivity contribution < 1.29 is 19.1 Å². The van der Waals surface area contributed by atoms with Gasteiger partial charge in [-0.15, -0.1) is 0 Å². The number of amides is 1. The number of benzene rings is 1. The Morgan fingerprint density at radius 3 is 2.76 bits per heavy atom. The molecule has 6 nitrogen and oxygen atoms in total. The van der Waals surface area contributed by atoms with Gasteiger partial charge in [0.05, 0.1) is 6.54 Å². The predicted molar refractivity (Wildman–Crippen MR) is 77.6 cm³/mol. The summed E-state index contributed by atoms with van der Waals surface area (Å²) in [5, 5.41) is 2.60. The van der Waals surface area contributed by atoms with Crippen LogP contribution in [0.5, 0.6) is 11.5 Å². The van der Waals surface area contributed by atoms with Gasteiger partial charge in [-0.2, -0.15) is 0 Å². The molecule has 2 rings (SSSR count). The van der Waals surface area contributed by atoms with Gasteiger partial charge < -0.3 is 14.8 Å². The molecule has 0 saturated carbocycles. The molecule has 1 aliphatic rings. The molecule has 0 spiro atoms. The van der Waals surface area contributed by atoms with Gasteiger partial charge in [-0.1, -0.05) is 6.92 Å². The lowest BCUT2D eigenvalue weighted by molar-refractivity contribution is -0.124. The monoisotopic (exact) mass is 292 g/mol.